The van der Waals surface area contributed by atoms with Gasteiger partial charge in [-0.1, -0.05) is 29.8 Å². The summed E-state index contributed by atoms with van der Waals surface area (Å²) in [5, 5.41) is 2.78. The summed E-state index contributed by atoms with van der Waals surface area (Å²) < 4.78 is 39.4. The van der Waals surface area contributed by atoms with Crippen molar-refractivity contribution in [3.05, 3.63) is 77.9 Å². The number of nitrogens with one attached hydrogen (secondary N) is 1. The number of nitrogens with zero attached hydrogens (tertiary/aromatic N) is 1. The molecule has 3 aromatic carbocycles. The van der Waals surface area contributed by atoms with Gasteiger partial charge >= 0.3 is 0 Å². The van der Waals surface area contributed by atoms with Crippen molar-refractivity contribution in [2.75, 3.05) is 23.3 Å². The number of hydrogen-bond acceptors (Lipinski definition) is 5. The Kier molecular flexibility index (Phi) is 5.80. The summed E-state index contributed by atoms with van der Waals surface area (Å²) in [5.74, 6) is 0.480. The first-order valence-electron chi connectivity index (χ1n) is 10.1. The Balaban J connectivity index is 1.68. The smallest absolute Gasteiger partial charge is 0.267 e. The number of amides is 1. The average molecular weight is 453 g/mol. The molecule has 0 saturated heterocycles. The van der Waals surface area contributed by atoms with Crippen molar-refractivity contribution in [2.45, 2.75) is 24.8 Å². The van der Waals surface area contributed by atoms with E-state index in [4.69, 9.17) is 9.47 Å². The molecule has 0 spiro atoms. The van der Waals surface area contributed by atoms with Gasteiger partial charge in [0.1, 0.15) is 11.5 Å². The maximum atomic E-state index is 13.5. The van der Waals surface area contributed by atoms with E-state index in [1.54, 1.807) is 60.7 Å². The second kappa shape index (κ2) is 8.55. The number of carbonyl (C=O) groups is 1. The van der Waals surface area contributed by atoms with E-state index in [1.807, 2.05) is 19.9 Å². The maximum Gasteiger partial charge on any atom is 0.267 e. The van der Waals surface area contributed by atoms with E-state index in [0.29, 0.717) is 22.9 Å². The quantitative estimate of drug-likeness (QED) is 0.635. The molecule has 0 aromatic heterocycles. The summed E-state index contributed by atoms with van der Waals surface area (Å²) in [7, 11) is -2.37. The largest absolute Gasteiger partial charge is 0.497 e. The number of hydrogen-bond donors (Lipinski definition) is 1. The fourth-order valence-electron chi connectivity index (χ4n) is 3.49. The van der Waals surface area contributed by atoms with Gasteiger partial charge in [0, 0.05) is 11.8 Å². The Morgan fingerprint density at radius 1 is 1.03 bits per heavy atom. The molecule has 1 N–H and O–H groups in total. The van der Waals surface area contributed by atoms with Crippen molar-refractivity contribution in [1.82, 2.24) is 0 Å². The molecular formula is C24H24N2O5S. The van der Waals surface area contributed by atoms with E-state index in [-0.39, 0.29) is 11.4 Å². The molecule has 1 heterocycles. The number of ether oxygens (including phenoxy) is 2. The summed E-state index contributed by atoms with van der Waals surface area (Å²) in [6.07, 6.45) is -1.03. The van der Waals surface area contributed by atoms with Gasteiger partial charge in [-0.25, -0.2) is 8.42 Å². The maximum absolute atomic E-state index is 13.5. The van der Waals surface area contributed by atoms with Crippen LogP contribution in [0.2, 0.25) is 0 Å². The molecule has 1 amide bonds. The third kappa shape index (κ3) is 4.27. The lowest BCUT2D eigenvalue weighted by atomic mass is 10.1. The predicted octanol–water partition coefficient (Wildman–Crippen LogP) is 3.91. The van der Waals surface area contributed by atoms with E-state index >= 15 is 0 Å². The second-order valence-electron chi connectivity index (χ2n) is 7.65. The molecule has 4 rings (SSSR count). The Labute approximate surface area is 187 Å². The third-order valence-corrected chi connectivity index (χ3v) is 7.02. The highest BCUT2D eigenvalue weighted by molar-refractivity contribution is 7.92. The zero-order valence-electron chi connectivity index (χ0n) is 18.0. The molecule has 1 atom stereocenters. The van der Waals surface area contributed by atoms with Crippen molar-refractivity contribution in [1.29, 1.82) is 0 Å². The molecule has 0 bridgehead atoms. The van der Waals surface area contributed by atoms with E-state index in [2.05, 4.69) is 5.32 Å². The van der Waals surface area contributed by atoms with Gasteiger partial charge in [-0.05, 0) is 55.8 Å². The Bertz CT molecular complexity index is 1260. The molecule has 7 nitrogen and oxygen atoms in total. The molecular weight excluding hydrogens is 428 g/mol. The summed E-state index contributed by atoms with van der Waals surface area (Å²) in [6.45, 7) is 3.61. The van der Waals surface area contributed by atoms with Gasteiger partial charge in [-0.2, -0.15) is 0 Å². The van der Waals surface area contributed by atoms with Crippen LogP contribution in [0.4, 0.5) is 11.4 Å². The summed E-state index contributed by atoms with van der Waals surface area (Å²) in [4.78, 5) is 13.2. The molecule has 0 fully saturated rings. The number of rotatable bonds is 5. The highest BCUT2D eigenvalue weighted by Gasteiger charge is 2.37. The van der Waals surface area contributed by atoms with Crippen LogP contribution in [0.5, 0.6) is 11.5 Å². The molecule has 0 radical (unpaired) electrons. The fraction of sp³-hybridized carbons (Fsp3) is 0.208. The van der Waals surface area contributed by atoms with Gasteiger partial charge in [0.25, 0.3) is 15.9 Å². The zero-order chi connectivity index (χ0) is 22.9. The number of aryl methyl sites for hydroxylation is 2. The van der Waals surface area contributed by atoms with E-state index < -0.39 is 22.0 Å². The summed E-state index contributed by atoms with van der Waals surface area (Å²) >= 11 is 0. The number of anilines is 2. The van der Waals surface area contributed by atoms with Gasteiger partial charge in [0.05, 0.1) is 24.2 Å². The van der Waals surface area contributed by atoms with Crippen LogP contribution in [0.3, 0.4) is 0 Å². The standard InChI is InChI=1S/C24H24N2O5S/c1-16-7-10-20(11-8-16)32(28,29)26-15-23(31-22-12-9-17(2)13-21(22)26)24(27)25-18-5-4-6-19(14-18)30-3/h4-14,23H,15H2,1-3H3,(H,25,27)/t23-/m1/s1. The van der Waals surface area contributed by atoms with Crippen molar-refractivity contribution in [3.63, 3.8) is 0 Å². The van der Waals surface area contributed by atoms with E-state index in [0.717, 1.165) is 11.1 Å². The third-order valence-electron chi connectivity index (χ3n) is 5.22. The normalized spacial score (nSPS) is 15.5. The molecule has 3 aromatic rings. The van der Waals surface area contributed by atoms with Crippen molar-refractivity contribution >= 4 is 27.3 Å². The Morgan fingerprint density at radius 2 is 1.75 bits per heavy atom. The minimum absolute atomic E-state index is 0.150. The lowest BCUT2D eigenvalue weighted by Crippen LogP contribution is -2.48. The Hall–Kier alpha value is -3.52. The summed E-state index contributed by atoms with van der Waals surface area (Å²) in [5.41, 5.74) is 2.78. The van der Waals surface area contributed by atoms with Gasteiger partial charge < -0.3 is 14.8 Å². The molecule has 0 unspecified atom stereocenters. The minimum atomic E-state index is -3.91. The molecule has 0 saturated carbocycles. The van der Waals surface area contributed by atoms with Gasteiger partial charge in [0.15, 0.2) is 6.10 Å². The highest BCUT2D eigenvalue weighted by Crippen LogP contribution is 2.38. The van der Waals surface area contributed by atoms with Crippen LogP contribution < -0.4 is 19.1 Å². The Morgan fingerprint density at radius 3 is 2.47 bits per heavy atom. The van der Waals surface area contributed by atoms with Gasteiger partial charge in [0.2, 0.25) is 0 Å². The molecule has 1 aliphatic heterocycles. The average Bonchev–Trinajstić information content (AvgIpc) is 2.78. The lowest BCUT2D eigenvalue weighted by Gasteiger charge is -2.35. The van der Waals surface area contributed by atoms with E-state index in [9.17, 15) is 13.2 Å². The second-order valence-corrected chi connectivity index (χ2v) is 9.51. The molecule has 1 aliphatic rings. The van der Waals surface area contributed by atoms with Crippen molar-refractivity contribution < 1.29 is 22.7 Å². The number of carbonyl (C=O) groups excluding carboxylic acids is 1. The molecule has 0 aliphatic carbocycles. The van der Waals surface area contributed by atoms with Crippen LogP contribution in [0, 0.1) is 13.8 Å². The minimum Gasteiger partial charge on any atom is -0.497 e. The number of methoxy groups -OCH3 is 1. The number of sulfonamides is 1. The fourth-order valence-corrected chi connectivity index (χ4v) is 4.95. The first kappa shape index (κ1) is 21.7. The van der Waals surface area contributed by atoms with E-state index in [1.165, 1.54) is 11.4 Å². The monoisotopic (exact) mass is 452 g/mol. The SMILES string of the molecule is COc1cccc(NC(=O)[C@H]2CN(S(=O)(=O)c3ccc(C)cc3)c3cc(C)ccc3O2)c1. The van der Waals surface area contributed by atoms with Crippen LogP contribution >= 0.6 is 0 Å². The van der Waals surface area contributed by atoms with Crippen molar-refractivity contribution in [2.24, 2.45) is 0 Å². The first-order valence-corrected chi connectivity index (χ1v) is 11.5. The molecule has 8 heteroatoms. The van der Waals surface area contributed by atoms with Crippen molar-refractivity contribution in [3.8, 4) is 11.5 Å². The van der Waals surface area contributed by atoms with Crippen LogP contribution in [0.15, 0.2) is 71.6 Å². The first-order chi connectivity index (χ1) is 15.3. The van der Waals surface area contributed by atoms with Crippen LogP contribution in [-0.4, -0.2) is 34.1 Å². The zero-order valence-corrected chi connectivity index (χ0v) is 18.8. The number of fused-ring (bicyclic) bond motifs is 1. The van der Waals surface area contributed by atoms with Crippen LogP contribution in [-0.2, 0) is 14.8 Å². The summed E-state index contributed by atoms with van der Waals surface area (Å²) in [6, 6.07) is 18.8. The van der Waals surface area contributed by atoms with Crippen LogP contribution in [0.25, 0.3) is 0 Å². The molecule has 166 valence electrons. The predicted molar refractivity (Wildman–Crippen MR) is 123 cm³/mol. The lowest BCUT2D eigenvalue weighted by molar-refractivity contribution is -0.122. The van der Waals surface area contributed by atoms with Gasteiger partial charge in [-0.15, -0.1) is 0 Å². The van der Waals surface area contributed by atoms with Gasteiger partial charge in [-0.3, -0.25) is 9.10 Å². The molecule has 32 heavy (non-hydrogen) atoms. The van der Waals surface area contributed by atoms with Crippen LogP contribution in [0.1, 0.15) is 11.1 Å². The number of benzene rings is 3. The highest BCUT2D eigenvalue weighted by atomic mass is 32.2. The topological polar surface area (TPSA) is 84.9 Å².